The molecule has 0 aliphatic heterocycles. The smallest absolute Gasteiger partial charge is 0.232 e. The van der Waals surface area contributed by atoms with Crippen molar-refractivity contribution in [3.8, 4) is 12.3 Å². The summed E-state index contributed by atoms with van der Waals surface area (Å²) in [7, 11) is 0. The van der Waals surface area contributed by atoms with Gasteiger partial charge in [0.25, 0.3) is 0 Å². The highest BCUT2D eigenvalue weighted by Crippen LogP contribution is 1.90. The van der Waals surface area contributed by atoms with Crippen LogP contribution in [0.4, 0.5) is 0 Å². The van der Waals surface area contributed by atoms with Gasteiger partial charge in [-0.3, -0.25) is 4.79 Å². The predicted octanol–water partition coefficient (Wildman–Crippen LogP) is 0.444. The van der Waals surface area contributed by atoms with E-state index in [1.54, 1.807) is 6.92 Å². The first-order valence-electron chi connectivity index (χ1n) is 3.07. The maximum absolute atomic E-state index is 10.8. The molecule has 56 valence electrons. The van der Waals surface area contributed by atoms with E-state index in [9.17, 15) is 4.79 Å². The largest absolute Gasteiger partial charge is 0.354 e. The van der Waals surface area contributed by atoms with Crippen LogP contribution in [0.15, 0.2) is 0 Å². The lowest BCUT2D eigenvalue weighted by Crippen LogP contribution is -2.30. The molecule has 2 nitrogen and oxygen atoms in total. The third-order valence-corrected chi connectivity index (χ3v) is 1.18. The fraction of sp³-hybridized carbons (Fsp3) is 0.571. The van der Waals surface area contributed by atoms with Crippen LogP contribution in [0, 0.1) is 12.3 Å². The number of terminal acetylenes is 1. The molecule has 0 saturated carbocycles. The number of hydrogen-bond donors (Lipinski definition) is 2. The summed E-state index contributed by atoms with van der Waals surface area (Å²) in [5.74, 6) is 2.35. The van der Waals surface area contributed by atoms with Crippen LogP contribution < -0.4 is 5.32 Å². The van der Waals surface area contributed by atoms with Crippen molar-refractivity contribution in [1.29, 1.82) is 0 Å². The van der Waals surface area contributed by atoms with Crippen LogP contribution in [-0.2, 0) is 4.79 Å². The molecule has 0 aromatic heterocycles. The monoisotopic (exact) mass is 157 g/mol. The van der Waals surface area contributed by atoms with Gasteiger partial charge in [0.1, 0.15) is 0 Å². The molecule has 0 radical (unpaired) electrons. The molecule has 0 aliphatic rings. The standard InChI is InChI=1S/C7H11NOS/c1-3-4-5-8-7(9)6(2)10/h1,6,10H,4-5H2,2H3,(H,8,9). The summed E-state index contributed by atoms with van der Waals surface area (Å²) < 4.78 is 0. The Hall–Kier alpha value is -0.620. The van der Waals surface area contributed by atoms with Crippen LogP contribution in [-0.4, -0.2) is 17.7 Å². The van der Waals surface area contributed by atoms with Gasteiger partial charge in [-0.25, -0.2) is 0 Å². The Kier molecular flexibility index (Phi) is 4.87. The number of carbonyl (C=O) groups excluding carboxylic acids is 1. The van der Waals surface area contributed by atoms with Gasteiger partial charge >= 0.3 is 0 Å². The van der Waals surface area contributed by atoms with Gasteiger partial charge in [-0.15, -0.1) is 12.3 Å². The summed E-state index contributed by atoms with van der Waals surface area (Å²) in [5, 5.41) is 2.37. The average molecular weight is 157 g/mol. The highest BCUT2D eigenvalue weighted by atomic mass is 32.1. The summed E-state index contributed by atoms with van der Waals surface area (Å²) in [6.07, 6.45) is 5.55. The molecular formula is C7H11NOS. The fourth-order valence-corrected chi connectivity index (χ4v) is 0.497. The number of rotatable bonds is 3. The Balaban J connectivity index is 3.33. The molecular weight excluding hydrogens is 146 g/mol. The Morgan fingerprint density at radius 3 is 2.90 bits per heavy atom. The Morgan fingerprint density at radius 2 is 2.50 bits per heavy atom. The van der Waals surface area contributed by atoms with Crippen LogP contribution in [0.1, 0.15) is 13.3 Å². The molecule has 0 heterocycles. The molecule has 1 N–H and O–H groups in total. The number of thiol groups is 1. The lowest BCUT2D eigenvalue weighted by atomic mass is 10.4. The van der Waals surface area contributed by atoms with E-state index < -0.39 is 0 Å². The van der Waals surface area contributed by atoms with Crippen molar-refractivity contribution in [2.75, 3.05) is 6.54 Å². The molecule has 0 rings (SSSR count). The summed E-state index contributed by atoms with van der Waals surface area (Å²) in [4.78, 5) is 10.8. The topological polar surface area (TPSA) is 29.1 Å². The average Bonchev–Trinajstić information content (AvgIpc) is 1.88. The second kappa shape index (κ2) is 5.19. The van der Waals surface area contributed by atoms with E-state index in [4.69, 9.17) is 6.42 Å². The van der Waals surface area contributed by atoms with Gasteiger partial charge in [-0.2, -0.15) is 12.6 Å². The summed E-state index contributed by atoms with van der Waals surface area (Å²) in [5.41, 5.74) is 0. The van der Waals surface area contributed by atoms with Gasteiger partial charge in [-0.1, -0.05) is 0 Å². The highest BCUT2D eigenvalue weighted by molar-refractivity contribution is 7.81. The van der Waals surface area contributed by atoms with E-state index >= 15 is 0 Å². The van der Waals surface area contributed by atoms with E-state index in [-0.39, 0.29) is 11.2 Å². The molecule has 1 amide bonds. The summed E-state index contributed by atoms with van der Waals surface area (Å²) >= 11 is 3.93. The maximum Gasteiger partial charge on any atom is 0.232 e. The fourth-order valence-electron chi connectivity index (χ4n) is 0.406. The van der Waals surface area contributed by atoms with Crippen LogP contribution in [0.25, 0.3) is 0 Å². The third kappa shape index (κ3) is 4.28. The Morgan fingerprint density at radius 1 is 1.90 bits per heavy atom. The van der Waals surface area contributed by atoms with Crippen LogP contribution in [0.2, 0.25) is 0 Å². The van der Waals surface area contributed by atoms with Gasteiger partial charge in [0.15, 0.2) is 0 Å². The van der Waals surface area contributed by atoms with Crippen LogP contribution >= 0.6 is 12.6 Å². The molecule has 0 spiro atoms. The molecule has 0 aliphatic carbocycles. The minimum absolute atomic E-state index is 0.0708. The first-order valence-corrected chi connectivity index (χ1v) is 3.59. The maximum atomic E-state index is 10.8. The minimum Gasteiger partial charge on any atom is -0.354 e. The number of carbonyl (C=O) groups is 1. The first-order chi connectivity index (χ1) is 4.68. The highest BCUT2D eigenvalue weighted by Gasteiger charge is 2.04. The van der Waals surface area contributed by atoms with Gasteiger partial charge in [0.05, 0.1) is 5.25 Å². The summed E-state index contributed by atoms with van der Waals surface area (Å²) in [6, 6.07) is 0. The van der Waals surface area contributed by atoms with E-state index in [0.717, 1.165) is 0 Å². The minimum atomic E-state index is -0.252. The first kappa shape index (κ1) is 9.38. The van der Waals surface area contributed by atoms with Gasteiger partial charge in [0, 0.05) is 13.0 Å². The zero-order valence-corrected chi connectivity index (χ0v) is 6.82. The van der Waals surface area contributed by atoms with Crippen LogP contribution in [0.5, 0.6) is 0 Å². The quantitative estimate of drug-likeness (QED) is 0.347. The third-order valence-electron chi connectivity index (χ3n) is 0.948. The van der Waals surface area contributed by atoms with E-state index in [1.165, 1.54) is 0 Å². The molecule has 3 heteroatoms. The Bertz CT molecular complexity index is 148. The molecule has 0 bridgehead atoms. The van der Waals surface area contributed by atoms with Gasteiger partial charge < -0.3 is 5.32 Å². The second-order valence-electron chi connectivity index (χ2n) is 1.92. The van der Waals surface area contributed by atoms with Crippen molar-refractivity contribution < 1.29 is 4.79 Å². The molecule has 0 saturated heterocycles. The van der Waals surface area contributed by atoms with Gasteiger partial charge in [-0.05, 0) is 6.92 Å². The Labute approximate surface area is 66.8 Å². The number of nitrogens with one attached hydrogen (secondary N) is 1. The van der Waals surface area contributed by atoms with Crippen molar-refractivity contribution >= 4 is 18.5 Å². The van der Waals surface area contributed by atoms with Crippen molar-refractivity contribution in [3.63, 3.8) is 0 Å². The zero-order chi connectivity index (χ0) is 7.98. The number of hydrogen-bond acceptors (Lipinski definition) is 2. The second-order valence-corrected chi connectivity index (χ2v) is 2.70. The summed E-state index contributed by atoms with van der Waals surface area (Å²) in [6.45, 7) is 2.26. The SMILES string of the molecule is C#CCCNC(=O)C(C)S. The van der Waals surface area contributed by atoms with Crippen LogP contribution in [0.3, 0.4) is 0 Å². The molecule has 0 aromatic rings. The molecule has 0 aromatic carbocycles. The normalized spacial score (nSPS) is 11.7. The molecule has 10 heavy (non-hydrogen) atoms. The van der Waals surface area contributed by atoms with Gasteiger partial charge in [0.2, 0.25) is 5.91 Å². The van der Waals surface area contributed by atoms with E-state index in [1.807, 2.05) is 0 Å². The van der Waals surface area contributed by atoms with Crippen molar-refractivity contribution in [3.05, 3.63) is 0 Å². The molecule has 0 fully saturated rings. The van der Waals surface area contributed by atoms with Crippen molar-refractivity contribution in [2.24, 2.45) is 0 Å². The predicted molar refractivity (Wildman–Crippen MR) is 44.9 cm³/mol. The van der Waals surface area contributed by atoms with E-state index in [0.29, 0.717) is 13.0 Å². The van der Waals surface area contributed by atoms with E-state index in [2.05, 4.69) is 23.9 Å². The lowest BCUT2D eigenvalue weighted by molar-refractivity contribution is -0.120. The zero-order valence-electron chi connectivity index (χ0n) is 5.92. The number of amides is 1. The van der Waals surface area contributed by atoms with Crippen molar-refractivity contribution in [1.82, 2.24) is 5.32 Å². The molecule has 1 atom stereocenters. The molecule has 1 unspecified atom stereocenters. The van der Waals surface area contributed by atoms with Crippen molar-refractivity contribution in [2.45, 2.75) is 18.6 Å². The lowest BCUT2D eigenvalue weighted by Gasteiger charge is -2.03.